The first kappa shape index (κ1) is 18.3. The van der Waals surface area contributed by atoms with Gasteiger partial charge in [0.25, 0.3) is 5.56 Å². The number of aromatic nitrogens is 3. The van der Waals surface area contributed by atoms with Crippen LogP contribution in [0.4, 0.5) is 5.69 Å². The van der Waals surface area contributed by atoms with E-state index in [2.05, 4.69) is 19.8 Å². The number of piperazine rings is 1. The van der Waals surface area contributed by atoms with E-state index in [1.54, 1.807) is 0 Å². The van der Waals surface area contributed by atoms with Gasteiger partial charge in [0.05, 0.1) is 43.1 Å². The molecule has 1 saturated heterocycles. The Labute approximate surface area is 168 Å². The number of nitrogens with zero attached hydrogens (tertiary/aromatic N) is 5. The lowest BCUT2D eigenvalue weighted by Crippen LogP contribution is -2.46. The number of oxazole rings is 1. The summed E-state index contributed by atoms with van der Waals surface area (Å²) in [5, 5.41) is 9.65. The first-order valence-electron chi connectivity index (χ1n) is 10.2. The summed E-state index contributed by atoms with van der Waals surface area (Å²) >= 11 is 0. The van der Waals surface area contributed by atoms with Crippen molar-refractivity contribution >= 4 is 16.6 Å². The van der Waals surface area contributed by atoms with Crippen LogP contribution >= 0.6 is 0 Å². The molecule has 29 heavy (non-hydrogen) atoms. The quantitative estimate of drug-likeness (QED) is 0.678. The molecule has 8 heteroatoms. The van der Waals surface area contributed by atoms with Gasteiger partial charge in [0.2, 0.25) is 5.89 Å². The van der Waals surface area contributed by atoms with Crippen molar-refractivity contribution in [3.05, 3.63) is 52.7 Å². The summed E-state index contributed by atoms with van der Waals surface area (Å²) < 4.78 is 7.33. The monoisotopic (exact) mass is 395 g/mol. The highest BCUT2D eigenvalue weighted by atomic mass is 16.4. The Morgan fingerprint density at radius 2 is 1.97 bits per heavy atom. The van der Waals surface area contributed by atoms with E-state index >= 15 is 0 Å². The van der Waals surface area contributed by atoms with Crippen molar-refractivity contribution in [3.63, 3.8) is 0 Å². The van der Waals surface area contributed by atoms with Crippen LogP contribution in [0.5, 0.6) is 0 Å². The molecule has 1 saturated carbocycles. The van der Waals surface area contributed by atoms with Crippen molar-refractivity contribution in [2.45, 2.75) is 31.8 Å². The Bertz CT molecular complexity index is 1060. The van der Waals surface area contributed by atoms with E-state index in [9.17, 15) is 4.79 Å². The van der Waals surface area contributed by atoms with Gasteiger partial charge in [0.15, 0.2) is 0 Å². The predicted molar refractivity (Wildman–Crippen MR) is 109 cm³/mol. The van der Waals surface area contributed by atoms with Gasteiger partial charge in [-0.2, -0.15) is 0 Å². The first-order chi connectivity index (χ1) is 14.2. The Balaban J connectivity index is 1.24. The van der Waals surface area contributed by atoms with Gasteiger partial charge in [-0.05, 0) is 31.0 Å². The molecule has 0 unspecified atom stereocenters. The number of aliphatic hydroxyl groups is 1. The summed E-state index contributed by atoms with van der Waals surface area (Å²) in [6, 6.07) is 5.80. The maximum atomic E-state index is 12.4. The third-order valence-corrected chi connectivity index (χ3v) is 5.80. The minimum atomic E-state index is -0.114. The molecule has 0 amide bonds. The smallest absolute Gasteiger partial charge is 0.261 e. The van der Waals surface area contributed by atoms with Crippen LogP contribution in [-0.4, -0.2) is 57.3 Å². The second-order valence-electron chi connectivity index (χ2n) is 7.86. The average Bonchev–Trinajstić information content (AvgIpc) is 3.50. The van der Waals surface area contributed by atoms with Gasteiger partial charge < -0.3 is 14.4 Å². The fraction of sp³-hybridized carbons (Fsp3) is 0.476. The summed E-state index contributed by atoms with van der Waals surface area (Å²) in [6.07, 6.45) is 5.85. The van der Waals surface area contributed by atoms with Crippen LogP contribution in [0.2, 0.25) is 0 Å². The van der Waals surface area contributed by atoms with Crippen molar-refractivity contribution in [1.29, 1.82) is 0 Å². The molecule has 2 aromatic heterocycles. The van der Waals surface area contributed by atoms with Crippen LogP contribution < -0.4 is 10.5 Å². The maximum absolute atomic E-state index is 12.4. The minimum absolute atomic E-state index is 0.0785. The number of rotatable bonds is 6. The normalized spacial score (nSPS) is 17.9. The van der Waals surface area contributed by atoms with E-state index in [4.69, 9.17) is 9.52 Å². The number of anilines is 1. The molecule has 3 aromatic rings. The minimum Gasteiger partial charge on any atom is -0.444 e. The molecule has 1 aliphatic heterocycles. The molecule has 8 nitrogen and oxygen atoms in total. The highest BCUT2D eigenvalue weighted by Crippen LogP contribution is 2.40. The zero-order chi connectivity index (χ0) is 19.8. The van der Waals surface area contributed by atoms with Gasteiger partial charge in [-0.25, -0.2) is 9.97 Å². The van der Waals surface area contributed by atoms with E-state index in [0.29, 0.717) is 16.8 Å². The second kappa shape index (κ2) is 7.61. The molecule has 152 valence electrons. The number of aliphatic hydroxyl groups excluding tert-OH is 1. The lowest BCUT2D eigenvalue weighted by atomic mass is 10.2. The Morgan fingerprint density at radius 1 is 1.14 bits per heavy atom. The molecule has 1 aromatic carbocycles. The average molecular weight is 395 g/mol. The number of benzene rings is 1. The summed E-state index contributed by atoms with van der Waals surface area (Å²) in [7, 11) is 0. The van der Waals surface area contributed by atoms with Crippen LogP contribution in [-0.2, 0) is 13.1 Å². The molecule has 1 aliphatic carbocycles. The maximum Gasteiger partial charge on any atom is 0.261 e. The second-order valence-corrected chi connectivity index (χ2v) is 7.86. The molecule has 0 bridgehead atoms. The molecule has 1 N–H and O–H groups in total. The lowest BCUT2D eigenvalue weighted by Gasteiger charge is -2.35. The van der Waals surface area contributed by atoms with E-state index in [0.717, 1.165) is 50.1 Å². The van der Waals surface area contributed by atoms with Crippen molar-refractivity contribution in [1.82, 2.24) is 19.4 Å². The summed E-state index contributed by atoms with van der Waals surface area (Å²) in [5.41, 5.74) is 1.66. The molecule has 5 rings (SSSR count). The fourth-order valence-corrected chi connectivity index (χ4v) is 3.92. The third-order valence-electron chi connectivity index (χ3n) is 5.80. The molecule has 0 spiro atoms. The van der Waals surface area contributed by atoms with Gasteiger partial charge in [-0.3, -0.25) is 14.3 Å². The largest absolute Gasteiger partial charge is 0.444 e. The Kier molecular flexibility index (Phi) is 4.81. The van der Waals surface area contributed by atoms with Gasteiger partial charge in [-0.15, -0.1) is 0 Å². The number of hydrogen-bond donors (Lipinski definition) is 1. The van der Waals surface area contributed by atoms with Crippen LogP contribution in [0.1, 0.15) is 30.4 Å². The highest BCUT2D eigenvalue weighted by Gasteiger charge is 2.28. The van der Waals surface area contributed by atoms with Gasteiger partial charge >= 0.3 is 0 Å². The van der Waals surface area contributed by atoms with Crippen LogP contribution in [0.3, 0.4) is 0 Å². The standard InChI is InChI=1S/C21H25N5O3/c27-10-9-26-14-23-18-11-16(3-4-17(18)21(26)28)25-7-5-24(6-8-25)13-20-22-12-19(29-20)15-1-2-15/h3-4,11-12,14-15,27H,1-2,5-10,13H2. The fourth-order valence-electron chi connectivity index (χ4n) is 3.92. The zero-order valence-electron chi connectivity index (χ0n) is 16.3. The molecular formula is C21H25N5O3. The number of fused-ring (bicyclic) bond motifs is 1. The SMILES string of the molecule is O=c1c2ccc(N3CCN(Cc4ncc(C5CC5)o4)CC3)cc2ncn1CCO. The van der Waals surface area contributed by atoms with E-state index < -0.39 is 0 Å². The van der Waals surface area contributed by atoms with Crippen LogP contribution in [0.15, 0.2) is 39.9 Å². The van der Waals surface area contributed by atoms with Crippen LogP contribution in [0.25, 0.3) is 10.9 Å². The Hall–Kier alpha value is -2.71. The van der Waals surface area contributed by atoms with Crippen LogP contribution in [0, 0.1) is 0 Å². The lowest BCUT2D eigenvalue weighted by molar-refractivity contribution is 0.224. The molecule has 0 atom stereocenters. The summed E-state index contributed by atoms with van der Waals surface area (Å²) in [5.74, 6) is 2.46. The van der Waals surface area contributed by atoms with Crippen molar-refractivity contribution in [2.24, 2.45) is 0 Å². The van der Waals surface area contributed by atoms with E-state index in [1.165, 1.54) is 23.7 Å². The van der Waals surface area contributed by atoms with Crippen molar-refractivity contribution < 1.29 is 9.52 Å². The van der Waals surface area contributed by atoms with E-state index in [1.807, 2.05) is 24.4 Å². The van der Waals surface area contributed by atoms with Gasteiger partial charge in [-0.1, -0.05) is 0 Å². The molecule has 2 aliphatic rings. The van der Waals surface area contributed by atoms with Crippen molar-refractivity contribution in [3.8, 4) is 0 Å². The van der Waals surface area contributed by atoms with Crippen molar-refractivity contribution in [2.75, 3.05) is 37.7 Å². The third kappa shape index (κ3) is 3.77. The zero-order valence-corrected chi connectivity index (χ0v) is 16.3. The van der Waals surface area contributed by atoms with Gasteiger partial charge in [0, 0.05) is 37.8 Å². The highest BCUT2D eigenvalue weighted by molar-refractivity contribution is 5.81. The van der Waals surface area contributed by atoms with E-state index in [-0.39, 0.29) is 18.7 Å². The molecule has 3 heterocycles. The molecule has 0 radical (unpaired) electrons. The first-order valence-corrected chi connectivity index (χ1v) is 10.2. The predicted octanol–water partition coefficient (Wildman–Crippen LogP) is 1.58. The molecule has 2 fully saturated rings. The topological polar surface area (TPSA) is 87.6 Å². The summed E-state index contributed by atoms with van der Waals surface area (Å²) in [4.78, 5) is 26.0. The van der Waals surface area contributed by atoms with Gasteiger partial charge in [0.1, 0.15) is 5.76 Å². The number of hydrogen-bond acceptors (Lipinski definition) is 7. The Morgan fingerprint density at radius 3 is 2.72 bits per heavy atom. The summed E-state index contributed by atoms with van der Waals surface area (Å²) in [6.45, 7) is 4.62. The molecular weight excluding hydrogens is 370 g/mol.